The summed E-state index contributed by atoms with van der Waals surface area (Å²) in [6.07, 6.45) is 0.350. The molecule has 0 fully saturated rings. The Hall–Kier alpha value is -2.42. The second-order valence-electron chi connectivity index (χ2n) is 3.84. The van der Waals surface area contributed by atoms with Gasteiger partial charge in [0.1, 0.15) is 0 Å². The minimum atomic E-state index is -0.574. The first-order chi connectivity index (χ1) is 8.47. The fraction of sp³-hybridized carbons (Fsp3) is 0.333. The predicted molar refractivity (Wildman–Crippen MR) is 66.6 cm³/mol. The van der Waals surface area contributed by atoms with Gasteiger partial charge in [0.05, 0.1) is 23.0 Å². The normalized spacial score (nSPS) is 9.61. The Balaban J connectivity index is 3.11. The fourth-order valence-corrected chi connectivity index (χ4v) is 1.55. The summed E-state index contributed by atoms with van der Waals surface area (Å²) in [5.41, 5.74) is 0.572. The molecule has 6 nitrogen and oxygen atoms in total. The molecule has 0 bridgehead atoms. The number of ketones is 1. The van der Waals surface area contributed by atoms with E-state index in [-0.39, 0.29) is 17.0 Å². The maximum Gasteiger partial charge on any atom is 0.280 e. The van der Waals surface area contributed by atoms with Crippen molar-refractivity contribution in [2.45, 2.75) is 13.3 Å². The lowest BCUT2D eigenvalue weighted by Gasteiger charge is -2.18. The van der Waals surface area contributed by atoms with E-state index in [4.69, 9.17) is 5.26 Å². The van der Waals surface area contributed by atoms with E-state index in [1.807, 2.05) is 6.07 Å². The van der Waals surface area contributed by atoms with Crippen LogP contribution < -0.4 is 4.90 Å². The molecule has 0 saturated carbocycles. The molecule has 0 aliphatic heterocycles. The first kappa shape index (κ1) is 13.6. The highest BCUT2D eigenvalue weighted by atomic mass is 16.6. The Morgan fingerprint density at radius 3 is 2.72 bits per heavy atom. The highest BCUT2D eigenvalue weighted by molar-refractivity contribution is 5.99. The van der Waals surface area contributed by atoms with Crippen LogP contribution in [0.1, 0.15) is 23.7 Å². The molecule has 0 unspecified atom stereocenters. The molecule has 0 N–H and O–H groups in total. The standard InChI is InChI=1S/C12H13N3O3/c1-9(16)11-8-10(14(2)7-3-6-13)4-5-12(11)15(17)18/h4-5,8H,3,7H2,1-2H3. The van der Waals surface area contributed by atoms with E-state index in [1.54, 1.807) is 18.0 Å². The third-order valence-electron chi connectivity index (χ3n) is 2.56. The van der Waals surface area contributed by atoms with E-state index in [2.05, 4.69) is 0 Å². The first-order valence-corrected chi connectivity index (χ1v) is 5.35. The van der Waals surface area contributed by atoms with Gasteiger partial charge >= 0.3 is 0 Å². The van der Waals surface area contributed by atoms with Crippen molar-refractivity contribution in [1.82, 2.24) is 0 Å². The average molecular weight is 247 g/mol. The number of nitro benzene ring substituents is 1. The Morgan fingerprint density at radius 2 is 2.22 bits per heavy atom. The fourth-order valence-electron chi connectivity index (χ4n) is 1.55. The van der Waals surface area contributed by atoms with Crippen LogP contribution in [-0.2, 0) is 0 Å². The molecule has 1 rings (SSSR count). The van der Waals surface area contributed by atoms with Crippen molar-refractivity contribution in [3.05, 3.63) is 33.9 Å². The van der Waals surface area contributed by atoms with Gasteiger partial charge in [-0.05, 0) is 19.1 Å². The highest BCUT2D eigenvalue weighted by Gasteiger charge is 2.18. The van der Waals surface area contributed by atoms with Crippen molar-refractivity contribution in [2.24, 2.45) is 0 Å². The van der Waals surface area contributed by atoms with Gasteiger partial charge in [0.2, 0.25) is 0 Å². The maximum absolute atomic E-state index is 11.4. The number of Topliss-reactive ketones (excluding diaryl/α,β-unsaturated/α-hetero) is 1. The lowest BCUT2D eigenvalue weighted by Crippen LogP contribution is -2.18. The number of nitrogens with zero attached hydrogens (tertiary/aromatic N) is 3. The van der Waals surface area contributed by atoms with Crippen LogP contribution in [-0.4, -0.2) is 24.3 Å². The van der Waals surface area contributed by atoms with Crippen LogP contribution in [0.2, 0.25) is 0 Å². The highest BCUT2D eigenvalue weighted by Crippen LogP contribution is 2.25. The monoisotopic (exact) mass is 247 g/mol. The van der Waals surface area contributed by atoms with Gasteiger partial charge in [-0.1, -0.05) is 0 Å². The average Bonchev–Trinajstić information content (AvgIpc) is 2.34. The summed E-state index contributed by atoms with van der Waals surface area (Å²) in [6, 6.07) is 6.39. The molecule has 0 saturated heterocycles. The molecule has 0 aromatic heterocycles. The Morgan fingerprint density at radius 1 is 1.56 bits per heavy atom. The van der Waals surface area contributed by atoms with Crippen molar-refractivity contribution in [1.29, 1.82) is 5.26 Å². The number of anilines is 1. The summed E-state index contributed by atoms with van der Waals surface area (Å²) >= 11 is 0. The predicted octanol–water partition coefficient (Wildman–Crippen LogP) is 2.15. The van der Waals surface area contributed by atoms with Crippen molar-refractivity contribution in [3.8, 4) is 6.07 Å². The molecule has 94 valence electrons. The number of carbonyl (C=O) groups is 1. The second kappa shape index (κ2) is 5.77. The van der Waals surface area contributed by atoms with E-state index < -0.39 is 4.92 Å². The van der Waals surface area contributed by atoms with E-state index >= 15 is 0 Å². The Kier molecular flexibility index (Phi) is 4.38. The topological polar surface area (TPSA) is 87.2 Å². The molecular formula is C12H13N3O3. The number of nitro groups is 1. The van der Waals surface area contributed by atoms with Crippen molar-refractivity contribution in [3.63, 3.8) is 0 Å². The lowest BCUT2D eigenvalue weighted by molar-refractivity contribution is -0.385. The van der Waals surface area contributed by atoms with Crippen molar-refractivity contribution in [2.75, 3.05) is 18.5 Å². The van der Waals surface area contributed by atoms with Gasteiger partial charge in [-0.3, -0.25) is 14.9 Å². The largest absolute Gasteiger partial charge is 0.374 e. The van der Waals surface area contributed by atoms with Crippen LogP contribution >= 0.6 is 0 Å². The summed E-state index contributed by atoms with van der Waals surface area (Å²) in [4.78, 5) is 23.4. The summed E-state index contributed by atoms with van der Waals surface area (Å²) in [5.74, 6) is -0.350. The second-order valence-corrected chi connectivity index (χ2v) is 3.84. The summed E-state index contributed by atoms with van der Waals surface area (Å²) in [6.45, 7) is 1.80. The summed E-state index contributed by atoms with van der Waals surface area (Å²) < 4.78 is 0. The van der Waals surface area contributed by atoms with Crippen molar-refractivity contribution >= 4 is 17.2 Å². The molecule has 0 heterocycles. The van der Waals surface area contributed by atoms with Crippen LogP contribution in [0.25, 0.3) is 0 Å². The van der Waals surface area contributed by atoms with Crippen LogP contribution in [0.3, 0.4) is 0 Å². The number of benzene rings is 1. The molecule has 0 atom stereocenters. The zero-order chi connectivity index (χ0) is 13.7. The molecule has 6 heteroatoms. The number of hydrogen-bond donors (Lipinski definition) is 0. The number of nitriles is 1. The molecule has 18 heavy (non-hydrogen) atoms. The molecule has 1 aromatic carbocycles. The van der Waals surface area contributed by atoms with Crippen LogP contribution in [0.5, 0.6) is 0 Å². The van der Waals surface area contributed by atoms with Crippen LogP contribution in [0, 0.1) is 21.4 Å². The third kappa shape index (κ3) is 3.04. The Labute approximate surface area is 105 Å². The lowest BCUT2D eigenvalue weighted by atomic mass is 10.1. The van der Waals surface area contributed by atoms with Crippen LogP contribution in [0.4, 0.5) is 11.4 Å². The minimum absolute atomic E-state index is 0.0845. The number of rotatable bonds is 5. The molecule has 0 spiro atoms. The summed E-state index contributed by atoms with van der Waals surface area (Å²) in [5, 5.41) is 19.3. The van der Waals surface area contributed by atoms with Gasteiger partial charge in [0.15, 0.2) is 5.78 Å². The van der Waals surface area contributed by atoms with Gasteiger partial charge < -0.3 is 4.90 Å². The minimum Gasteiger partial charge on any atom is -0.374 e. The zero-order valence-corrected chi connectivity index (χ0v) is 10.2. The van der Waals surface area contributed by atoms with Gasteiger partial charge in [-0.15, -0.1) is 0 Å². The van der Waals surface area contributed by atoms with Crippen molar-refractivity contribution < 1.29 is 9.72 Å². The van der Waals surface area contributed by atoms with Crippen LogP contribution in [0.15, 0.2) is 18.2 Å². The van der Waals surface area contributed by atoms with Gasteiger partial charge in [0.25, 0.3) is 5.69 Å². The number of hydrogen-bond acceptors (Lipinski definition) is 5. The number of carbonyl (C=O) groups excluding carboxylic acids is 1. The molecule has 1 aromatic rings. The van der Waals surface area contributed by atoms with E-state index in [9.17, 15) is 14.9 Å². The smallest absolute Gasteiger partial charge is 0.280 e. The first-order valence-electron chi connectivity index (χ1n) is 5.35. The summed E-state index contributed by atoms with van der Waals surface area (Å²) in [7, 11) is 1.77. The van der Waals surface area contributed by atoms with E-state index in [0.29, 0.717) is 18.7 Å². The quantitative estimate of drug-likeness (QED) is 0.452. The molecular weight excluding hydrogens is 234 g/mol. The molecule has 0 amide bonds. The van der Waals surface area contributed by atoms with Gasteiger partial charge in [0, 0.05) is 25.3 Å². The SMILES string of the molecule is CC(=O)c1cc(N(C)CCC#N)ccc1[N+](=O)[O-]. The molecule has 0 aliphatic rings. The Bertz CT molecular complexity index is 520. The van der Waals surface area contributed by atoms with Gasteiger partial charge in [-0.25, -0.2) is 0 Å². The third-order valence-corrected chi connectivity index (χ3v) is 2.56. The molecule has 0 aliphatic carbocycles. The van der Waals surface area contributed by atoms with Gasteiger partial charge in [-0.2, -0.15) is 5.26 Å². The maximum atomic E-state index is 11.4. The zero-order valence-electron chi connectivity index (χ0n) is 10.2. The molecule has 0 radical (unpaired) electrons. The van der Waals surface area contributed by atoms with E-state index in [1.165, 1.54) is 19.1 Å². The van der Waals surface area contributed by atoms with E-state index in [0.717, 1.165) is 0 Å².